The smallest absolute Gasteiger partial charge is 0.329 e. The van der Waals surface area contributed by atoms with Gasteiger partial charge in [-0.1, -0.05) is 18.2 Å². The molecular weight excluding hydrogens is 220 g/mol. The maximum atomic E-state index is 10.8. The van der Waals surface area contributed by atoms with Crippen LogP contribution in [-0.4, -0.2) is 23.0 Å². The lowest BCUT2D eigenvalue weighted by atomic mass is 10.2. The van der Waals surface area contributed by atoms with Crippen LogP contribution in [0.3, 0.4) is 0 Å². The molecule has 0 aliphatic rings. The first-order valence-electron chi connectivity index (χ1n) is 4.87. The van der Waals surface area contributed by atoms with Gasteiger partial charge in [-0.2, -0.15) is 5.10 Å². The quantitative estimate of drug-likeness (QED) is 0.387. The maximum Gasteiger partial charge on any atom is 0.329 e. The van der Waals surface area contributed by atoms with E-state index >= 15 is 0 Å². The number of primary amides is 1. The van der Waals surface area contributed by atoms with Crippen molar-refractivity contribution in [2.75, 3.05) is 0 Å². The predicted molar refractivity (Wildman–Crippen MR) is 63.2 cm³/mol. The Morgan fingerprint density at radius 2 is 2.12 bits per heavy atom. The third-order valence-electron chi connectivity index (χ3n) is 2.21. The standard InChI is InChI=1S/C11H10N4O2/c12-10(16)11(17)15-14-6-7-5-13-9-4-2-1-3-8(7)9/h1-6,13H,(H2,12,16)(H,15,17). The van der Waals surface area contributed by atoms with Gasteiger partial charge in [-0.25, -0.2) is 5.43 Å². The minimum Gasteiger partial charge on any atom is -0.361 e. The molecule has 0 saturated carbocycles. The molecule has 4 N–H and O–H groups in total. The Morgan fingerprint density at radius 3 is 2.88 bits per heavy atom. The SMILES string of the molecule is NC(=O)C(=O)NN=Cc1c[nH]c2ccccc12. The number of rotatable bonds is 2. The fourth-order valence-corrected chi connectivity index (χ4v) is 1.42. The summed E-state index contributed by atoms with van der Waals surface area (Å²) in [5.41, 5.74) is 8.56. The first-order valence-corrected chi connectivity index (χ1v) is 4.87. The lowest BCUT2D eigenvalue weighted by Gasteiger charge is -1.93. The monoisotopic (exact) mass is 230 g/mol. The minimum absolute atomic E-state index is 0.811. The van der Waals surface area contributed by atoms with Crippen LogP contribution in [0.2, 0.25) is 0 Å². The normalized spacial score (nSPS) is 10.8. The van der Waals surface area contributed by atoms with Crippen molar-refractivity contribution in [3.8, 4) is 0 Å². The van der Waals surface area contributed by atoms with E-state index in [0.717, 1.165) is 16.5 Å². The molecule has 6 heteroatoms. The number of amides is 2. The molecule has 0 radical (unpaired) electrons. The van der Waals surface area contributed by atoms with Crippen LogP contribution >= 0.6 is 0 Å². The largest absolute Gasteiger partial charge is 0.361 e. The summed E-state index contributed by atoms with van der Waals surface area (Å²) in [7, 11) is 0. The summed E-state index contributed by atoms with van der Waals surface area (Å²) >= 11 is 0. The third-order valence-corrected chi connectivity index (χ3v) is 2.21. The molecule has 0 aliphatic heterocycles. The number of carbonyl (C=O) groups excluding carboxylic acids is 2. The number of benzene rings is 1. The van der Waals surface area contributed by atoms with Crippen molar-refractivity contribution in [2.45, 2.75) is 0 Å². The number of H-pyrrole nitrogens is 1. The molecule has 2 rings (SSSR count). The first-order chi connectivity index (χ1) is 8.18. The van der Waals surface area contributed by atoms with Gasteiger partial charge >= 0.3 is 11.8 Å². The summed E-state index contributed by atoms with van der Waals surface area (Å²) in [5, 5.41) is 4.62. The number of aromatic amines is 1. The molecule has 2 amide bonds. The van der Waals surface area contributed by atoms with E-state index in [0.29, 0.717) is 0 Å². The zero-order chi connectivity index (χ0) is 12.3. The van der Waals surface area contributed by atoms with Crippen LogP contribution in [0.4, 0.5) is 0 Å². The number of nitrogens with one attached hydrogen (secondary N) is 2. The molecule has 0 fully saturated rings. The van der Waals surface area contributed by atoms with Crippen molar-refractivity contribution in [3.63, 3.8) is 0 Å². The Morgan fingerprint density at radius 1 is 1.35 bits per heavy atom. The zero-order valence-corrected chi connectivity index (χ0v) is 8.81. The highest BCUT2D eigenvalue weighted by Crippen LogP contribution is 2.15. The molecule has 0 unspecified atom stereocenters. The topological polar surface area (TPSA) is 100 Å². The number of nitrogens with zero attached hydrogens (tertiary/aromatic N) is 1. The van der Waals surface area contributed by atoms with Gasteiger partial charge in [-0.15, -0.1) is 0 Å². The Labute approximate surface area is 96.5 Å². The van der Waals surface area contributed by atoms with E-state index in [1.54, 1.807) is 6.20 Å². The fourth-order valence-electron chi connectivity index (χ4n) is 1.42. The second-order valence-electron chi connectivity index (χ2n) is 3.35. The minimum atomic E-state index is -1.07. The van der Waals surface area contributed by atoms with Crippen molar-refractivity contribution in [2.24, 2.45) is 10.8 Å². The van der Waals surface area contributed by atoms with Crippen molar-refractivity contribution < 1.29 is 9.59 Å². The number of fused-ring (bicyclic) bond motifs is 1. The summed E-state index contributed by atoms with van der Waals surface area (Å²) in [6.07, 6.45) is 3.20. The van der Waals surface area contributed by atoms with Crippen LogP contribution in [0, 0.1) is 0 Å². The first kappa shape index (κ1) is 10.9. The summed E-state index contributed by atoms with van der Waals surface area (Å²) in [6, 6.07) is 7.65. The van der Waals surface area contributed by atoms with Gasteiger partial charge < -0.3 is 10.7 Å². The van der Waals surface area contributed by atoms with Crippen molar-refractivity contribution in [3.05, 3.63) is 36.0 Å². The van der Waals surface area contributed by atoms with Gasteiger partial charge in [0.05, 0.1) is 6.21 Å². The summed E-state index contributed by atoms with van der Waals surface area (Å²) in [5.74, 6) is -2.01. The van der Waals surface area contributed by atoms with Gasteiger partial charge in [-0.05, 0) is 6.07 Å². The molecule has 1 aromatic heterocycles. The third kappa shape index (κ3) is 2.31. The van der Waals surface area contributed by atoms with Crippen molar-refractivity contribution in [1.29, 1.82) is 0 Å². The second kappa shape index (κ2) is 4.48. The molecule has 17 heavy (non-hydrogen) atoms. The average molecular weight is 230 g/mol. The highest BCUT2D eigenvalue weighted by Gasteiger charge is 2.05. The number of para-hydroxylation sites is 1. The highest BCUT2D eigenvalue weighted by atomic mass is 16.2. The zero-order valence-electron chi connectivity index (χ0n) is 8.81. The average Bonchev–Trinajstić information content (AvgIpc) is 2.72. The van der Waals surface area contributed by atoms with Crippen LogP contribution in [0.1, 0.15) is 5.56 Å². The van der Waals surface area contributed by atoms with Crippen LogP contribution in [0.5, 0.6) is 0 Å². The molecule has 0 aliphatic carbocycles. The Balaban J connectivity index is 2.16. The van der Waals surface area contributed by atoms with E-state index in [4.69, 9.17) is 5.73 Å². The number of carbonyl (C=O) groups is 2. The van der Waals surface area contributed by atoms with E-state index in [-0.39, 0.29) is 0 Å². The molecular formula is C11H10N4O2. The number of hydrogen-bond acceptors (Lipinski definition) is 3. The molecule has 6 nitrogen and oxygen atoms in total. The van der Waals surface area contributed by atoms with Crippen molar-refractivity contribution in [1.82, 2.24) is 10.4 Å². The molecule has 1 heterocycles. The molecule has 0 atom stereocenters. The fraction of sp³-hybridized carbons (Fsp3) is 0. The van der Waals surface area contributed by atoms with Gasteiger partial charge in [0, 0.05) is 22.7 Å². The summed E-state index contributed by atoms with van der Waals surface area (Å²) < 4.78 is 0. The Kier molecular flexibility index (Phi) is 2.87. The number of aromatic nitrogens is 1. The lowest BCUT2D eigenvalue weighted by Crippen LogP contribution is -2.32. The molecule has 86 valence electrons. The Hall–Kier alpha value is -2.63. The van der Waals surface area contributed by atoms with Crippen LogP contribution in [0.25, 0.3) is 10.9 Å². The molecule has 1 aromatic carbocycles. The Bertz CT molecular complexity index is 600. The van der Waals surface area contributed by atoms with Crippen LogP contribution in [-0.2, 0) is 9.59 Å². The molecule has 0 bridgehead atoms. The predicted octanol–water partition coefficient (Wildman–Crippen LogP) is 0.103. The molecule has 0 saturated heterocycles. The number of hydrazone groups is 1. The van der Waals surface area contributed by atoms with E-state index in [1.165, 1.54) is 6.21 Å². The van der Waals surface area contributed by atoms with Crippen LogP contribution in [0.15, 0.2) is 35.6 Å². The van der Waals surface area contributed by atoms with E-state index in [9.17, 15) is 9.59 Å². The summed E-state index contributed by atoms with van der Waals surface area (Å²) in [4.78, 5) is 24.3. The van der Waals surface area contributed by atoms with Gasteiger partial charge in [0.25, 0.3) is 0 Å². The summed E-state index contributed by atoms with van der Waals surface area (Å²) in [6.45, 7) is 0. The van der Waals surface area contributed by atoms with Gasteiger partial charge in [0.2, 0.25) is 0 Å². The van der Waals surface area contributed by atoms with Gasteiger partial charge in [0.1, 0.15) is 0 Å². The number of hydrogen-bond donors (Lipinski definition) is 3. The lowest BCUT2D eigenvalue weighted by molar-refractivity contribution is -0.137. The van der Waals surface area contributed by atoms with Crippen molar-refractivity contribution >= 4 is 28.9 Å². The van der Waals surface area contributed by atoms with Crippen LogP contribution < -0.4 is 11.2 Å². The number of nitrogens with two attached hydrogens (primary N) is 1. The van der Waals surface area contributed by atoms with Gasteiger partial charge in [0.15, 0.2) is 0 Å². The highest BCUT2D eigenvalue weighted by molar-refractivity contribution is 6.34. The van der Waals surface area contributed by atoms with Gasteiger partial charge in [-0.3, -0.25) is 9.59 Å². The van der Waals surface area contributed by atoms with E-state index < -0.39 is 11.8 Å². The van der Waals surface area contributed by atoms with E-state index in [2.05, 4.69) is 10.1 Å². The molecule has 2 aromatic rings. The van der Waals surface area contributed by atoms with E-state index in [1.807, 2.05) is 29.7 Å². The molecule has 0 spiro atoms. The maximum absolute atomic E-state index is 10.8. The second-order valence-corrected chi connectivity index (χ2v) is 3.35.